The van der Waals surface area contributed by atoms with Gasteiger partial charge in [-0.25, -0.2) is 5.43 Å². The Balaban J connectivity index is 1.78. The van der Waals surface area contributed by atoms with Crippen molar-refractivity contribution in [2.75, 3.05) is 0 Å². The van der Waals surface area contributed by atoms with Crippen LogP contribution in [0.2, 0.25) is 10.0 Å². The van der Waals surface area contributed by atoms with E-state index in [9.17, 15) is 4.79 Å². The van der Waals surface area contributed by atoms with Crippen LogP contribution in [0, 0.1) is 4.77 Å². The van der Waals surface area contributed by atoms with Crippen LogP contribution in [0.15, 0.2) is 41.5 Å². The van der Waals surface area contributed by atoms with Crippen molar-refractivity contribution < 1.29 is 4.79 Å². The third-order valence-corrected chi connectivity index (χ3v) is 4.00. The van der Waals surface area contributed by atoms with Crippen LogP contribution in [0.1, 0.15) is 15.9 Å². The van der Waals surface area contributed by atoms with Crippen molar-refractivity contribution in [3.8, 4) is 0 Å². The van der Waals surface area contributed by atoms with E-state index in [1.54, 1.807) is 36.4 Å². The lowest BCUT2D eigenvalue weighted by Gasteiger charge is -2.02. The van der Waals surface area contributed by atoms with Crippen molar-refractivity contribution in [1.29, 1.82) is 0 Å². The lowest BCUT2D eigenvalue weighted by atomic mass is 10.2. The fourth-order valence-electron chi connectivity index (χ4n) is 2.03. The highest BCUT2D eigenvalue weighted by molar-refractivity contribution is 7.71. The molecular formula is C15H10Cl2N4OS. The molecule has 0 aliphatic carbocycles. The van der Waals surface area contributed by atoms with Gasteiger partial charge >= 0.3 is 0 Å². The zero-order valence-electron chi connectivity index (χ0n) is 11.6. The number of benzene rings is 2. The summed E-state index contributed by atoms with van der Waals surface area (Å²) in [6.45, 7) is 0. The summed E-state index contributed by atoms with van der Waals surface area (Å²) in [4.78, 5) is 18.0. The van der Waals surface area contributed by atoms with Crippen LogP contribution in [0.3, 0.4) is 0 Å². The molecule has 0 radical (unpaired) electrons. The molecule has 3 rings (SSSR count). The van der Waals surface area contributed by atoms with Gasteiger partial charge in [0.25, 0.3) is 5.91 Å². The van der Waals surface area contributed by atoms with Crippen molar-refractivity contribution >= 4 is 58.6 Å². The molecule has 1 amide bonds. The number of hydrazone groups is 1. The van der Waals surface area contributed by atoms with Crippen molar-refractivity contribution in [1.82, 2.24) is 15.4 Å². The van der Waals surface area contributed by atoms with E-state index in [-0.39, 0.29) is 5.91 Å². The molecule has 1 aromatic heterocycles. The number of rotatable bonds is 3. The van der Waals surface area contributed by atoms with E-state index < -0.39 is 0 Å². The zero-order valence-corrected chi connectivity index (χ0v) is 13.9. The topological polar surface area (TPSA) is 73.0 Å². The molecule has 23 heavy (non-hydrogen) atoms. The monoisotopic (exact) mass is 364 g/mol. The van der Waals surface area contributed by atoms with Gasteiger partial charge in [0.1, 0.15) is 0 Å². The molecule has 0 aliphatic heterocycles. The smallest absolute Gasteiger partial charge is 0.271 e. The fraction of sp³-hybridized carbons (Fsp3) is 0. The summed E-state index contributed by atoms with van der Waals surface area (Å²) in [5, 5.41) is 4.80. The molecule has 3 N–H and O–H groups in total. The van der Waals surface area contributed by atoms with E-state index in [1.807, 2.05) is 0 Å². The molecule has 0 bridgehead atoms. The van der Waals surface area contributed by atoms with Gasteiger partial charge in [-0.3, -0.25) is 4.79 Å². The van der Waals surface area contributed by atoms with E-state index in [2.05, 4.69) is 20.5 Å². The molecule has 5 nitrogen and oxygen atoms in total. The van der Waals surface area contributed by atoms with Crippen LogP contribution < -0.4 is 5.43 Å². The van der Waals surface area contributed by atoms with Crippen LogP contribution in [0.25, 0.3) is 11.0 Å². The standard InChI is InChI=1S/C15H10Cl2N4OS/c16-10-2-1-3-11(17)9(10)7-18-21-14(22)8-4-5-12-13(6-8)20-15(23)19-12/h1-7H,(H,21,22)(H2,19,20,23)/b18-7-. The van der Waals surface area contributed by atoms with Crippen LogP contribution in [0.5, 0.6) is 0 Å². The predicted octanol–water partition coefficient (Wildman–Crippen LogP) is 4.30. The van der Waals surface area contributed by atoms with Crippen molar-refractivity contribution in [3.63, 3.8) is 0 Å². The predicted molar refractivity (Wildman–Crippen MR) is 95.0 cm³/mol. The minimum absolute atomic E-state index is 0.355. The summed E-state index contributed by atoms with van der Waals surface area (Å²) in [6, 6.07) is 10.3. The van der Waals surface area contributed by atoms with E-state index >= 15 is 0 Å². The number of amides is 1. The van der Waals surface area contributed by atoms with Gasteiger partial charge in [-0.05, 0) is 42.5 Å². The second-order valence-corrected chi connectivity index (χ2v) is 5.90. The summed E-state index contributed by atoms with van der Waals surface area (Å²) < 4.78 is 0.504. The zero-order chi connectivity index (χ0) is 16.4. The number of nitrogens with zero attached hydrogens (tertiary/aromatic N) is 1. The number of carbonyl (C=O) groups is 1. The Hall–Kier alpha value is -2.15. The minimum Gasteiger partial charge on any atom is -0.331 e. The summed E-state index contributed by atoms with van der Waals surface area (Å²) in [5.74, 6) is -0.355. The molecule has 0 atom stereocenters. The molecule has 3 aromatic rings. The van der Waals surface area contributed by atoms with E-state index in [0.29, 0.717) is 25.9 Å². The number of nitrogens with one attached hydrogen (secondary N) is 3. The molecule has 0 saturated heterocycles. The second-order valence-electron chi connectivity index (χ2n) is 4.67. The lowest BCUT2D eigenvalue weighted by Crippen LogP contribution is -2.17. The first-order valence-corrected chi connectivity index (χ1v) is 7.70. The third-order valence-electron chi connectivity index (χ3n) is 3.14. The molecule has 0 aliphatic rings. The first-order valence-electron chi connectivity index (χ1n) is 6.54. The Morgan fingerprint density at radius 3 is 2.57 bits per heavy atom. The number of hydrogen-bond acceptors (Lipinski definition) is 3. The maximum atomic E-state index is 12.1. The van der Waals surface area contributed by atoms with E-state index in [0.717, 1.165) is 11.0 Å². The van der Waals surface area contributed by atoms with Crippen molar-refractivity contribution in [2.45, 2.75) is 0 Å². The van der Waals surface area contributed by atoms with Gasteiger partial charge in [-0.2, -0.15) is 5.10 Å². The van der Waals surface area contributed by atoms with E-state index in [1.165, 1.54) is 6.21 Å². The summed E-state index contributed by atoms with van der Waals surface area (Å²) in [5.41, 5.74) is 5.01. The number of imidazole rings is 1. The average Bonchev–Trinajstić information content (AvgIpc) is 2.89. The third kappa shape index (κ3) is 3.44. The van der Waals surface area contributed by atoms with Crippen LogP contribution in [-0.2, 0) is 0 Å². The lowest BCUT2D eigenvalue weighted by molar-refractivity contribution is 0.0955. The fourth-order valence-corrected chi connectivity index (χ4v) is 2.74. The molecule has 0 unspecified atom stereocenters. The van der Waals surface area contributed by atoms with Gasteiger partial charge in [0.05, 0.1) is 27.3 Å². The van der Waals surface area contributed by atoms with E-state index in [4.69, 9.17) is 35.4 Å². The molecule has 116 valence electrons. The Kier molecular flexibility index (Phi) is 4.47. The first-order chi connectivity index (χ1) is 11.0. The summed E-state index contributed by atoms with van der Waals surface area (Å²) >= 11 is 17.1. The first kappa shape index (κ1) is 15.7. The van der Waals surface area contributed by atoms with Gasteiger partial charge in [-0.15, -0.1) is 0 Å². The Bertz CT molecular complexity index is 957. The highest BCUT2D eigenvalue weighted by atomic mass is 35.5. The highest BCUT2D eigenvalue weighted by Crippen LogP contribution is 2.22. The van der Waals surface area contributed by atoms with Gasteiger partial charge in [0.15, 0.2) is 4.77 Å². The number of hydrogen-bond donors (Lipinski definition) is 3. The maximum absolute atomic E-state index is 12.1. The Morgan fingerprint density at radius 1 is 1.13 bits per heavy atom. The second kappa shape index (κ2) is 6.54. The maximum Gasteiger partial charge on any atom is 0.271 e. The number of halogens is 2. The molecule has 1 heterocycles. The molecule has 0 fully saturated rings. The van der Waals surface area contributed by atoms with Crippen LogP contribution in [0.4, 0.5) is 0 Å². The number of carbonyl (C=O) groups excluding carboxylic acids is 1. The number of fused-ring (bicyclic) bond motifs is 1. The summed E-state index contributed by atoms with van der Waals surface area (Å²) in [6.07, 6.45) is 1.41. The minimum atomic E-state index is -0.355. The highest BCUT2D eigenvalue weighted by Gasteiger charge is 2.07. The van der Waals surface area contributed by atoms with Gasteiger partial charge in [-0.1, -0.05) is 29.3 Å². The van der Waals surface area contributed by atoms with Crippen LogP contribution in [-0.4, -0.2) is 22.1 Å². The average molecular weight is 365 g/mol. The quantitative estimate of drug-likeness (QED) is 0.368. The number of H-pyrrole nitrogens is 2. The number of aromatic amines is 2. The van der Waals surface area contributed by atoms with Gasteiger partial charge in [0, 0.05) is 11.1 Å². The normalized spacial score (nSPS) is 11.2. The molecule has 0 spiro atoms. The molecule has 2 aromatic carbocycles. The van der Waals surface area contributed by atoms with Crippen molar-refractivity contribution in [3.05, 3.63) is 62.3 Å². The summed E-state index contributed by atoms with van der Waals surface area (Å²) in [7, 11) is 0. The molecular weight excluding hydrogens is 355 g/mol. The Morgan fingerprint density at radius 2 is 1.83 bits per heavy atom. The largest absolute Gasteiger partial charge is 0.331 e. The molecule has 8 heteroatoms. The number of aromatic nitrogens is 2. The Labute approximate surface area is 146 Å². The van der Waals surface area contributed by atoms with Crippen LogP contribution >= 0.6 is 35.4 Å². The SMILES string of the molecule is O=C(N/N=C\c1c(Cl)cccc1Cl)c1ccc2[nH]c(=S)[nH]c2c1. The van der Waals surface area contributed by atoms with Crippen molar-refractivity contribution in [2.24, 2.45) is 5.10 Å². The van der Waals surface area contributed by atoms with Gasteiger partial charge in [0.2, 0.25) is 0 Å². The molecule has 0 saturated carbocycles. The van der Waals surface area contributed by atoms with Gasteiger partial charge < -0.3 is 9.97 Å².